The van der Waals surface area contributed by atoms with Crippen molar-refractivity contribution >= 4 is 0 Å². The van der Waals surface area contributed by atoms with Crippen molar-refractivity contribution in [1.29, 1.82) is 0 Å². The average molecular weight is 233 g/mol. The fourth-order valence-electron chi connectivity index (χ4n) is 1.80. The van der Waals surface area contributed by atoms with Crippen molar-refractivity contribution in [3.05, 3.63) is 53.9 Å². The Morgan fingerprint density at radius 2 is 2.06 bits per heavy atom. The van der Waals surface area contributed by atoms with Crippen LogP contribution in [0.15, 0.2) is 36.8 Å². The predicted molar refractivity (Wildman–Crippen MR) is 64.9 cm³/mol. The summed E-state index contributed by atoms with van der Waals surface area (Å²) < 4.78 is 14.8. The number of aryl methyl sites for hydroxylation is 2. The molecule has 0 fully saturated rings. The summed E-state index contributed by atoms with van der Waals surface area (Å²) in [5.74, 6) is -0.201. The van der Waals surface area contributed by atoms with Crippen LogP contribution < -0.4 is 5.73 Å². The molecular formula is C13H16FN3. The molecule has 1 aromatic carbocycles. The van der Waals surface area contributed by atoms with E-state index in [-0.39, 0.29) is 11.9 Å². The maximum Gasteiger partial charge on any atom is 0.123 e. The fourth-order valence-corrected chi connectivity index (χ4v) is 1.80. The molecule has 3 nitrogen and oxygen atoms in total. The lowest BCUT2D eigenvalue weighted by molar-refractivity contribution is 0.616. The predicted octanol–water partition coefficient (Wildman–Crippen LogP) is 2.28. The summed E-state index contributed by atoms with van der Waals surface area (Å²) in [5, 5.41) is 0. The standard InChI is InChI=1S/C13H16FN3/c1-10(15)13-8-16-9-17(13)7-6-11-2-4-12(14)5-3-11/h2-5,8-10H,6-7,15H2,1H3. The Bertz CT molecular complexity index is 474. The van der Waals surface area contributed by atoms with E-state index in [2.05, 4.69) is 4.98 Å². The van der Waals surface area contributed by atoms with Crippen LogP contribution >= 0.6 is 0 Å². The molecule has 0 aliphatic rings. The zero-order valence-electron chi connectivity index (χ0n) is 9.81. The molecule has 2 rings (SSSR count). The van der Waals surface area contributed by atoms with Gasteiger partial charge in [-0.3, -0.25) is 0 Å². The minimum atomic E-state index is -0.201. The first kappa shape index (κ1) is 11.8. The Balaban J connectivity index is 2.02. The second-order valence-electron chi connectivity index (χ2n) is 4.18. The third-order valence-corrected chi connectivity index (χ3v) is 2.77. The van der Waals surface area contributed by atoms with Gasteiger partial charge in [0.25, 0.3) is 0 Å². The molecule has 0 bridgehead atoms. The van der Waals surface area contributed by atoms with Gasteiger partial charge >= 0.3 is 0 Å². The SMILES string of the molecule is CC(N)c1cncn1CCc1ccc(F)cc1. The zero-order chi connectivity index (χ0) is 12.3. The van der Waals surface area contributed by atoms with Gasteiger partial charge in [-0.1, -0.05) is 12.1 Å². The van der Waals surface area contributed by atoms with Gasteiger partial charge in [0, 0.05) is 18.8 Å². The van der Waals surface area contributed by atoms with Crippen LogP contribution in [0.3, 0.4) is 0 Å². The molecule has 90 valence electrons. The summed E-state index contributed by atoms with van der Waals surface area (Å²) in [6, 6.07) is 6.55. The van der Waals surface area contributed by atoms with Gasteiger partial charge in [-0.2, -0.15) is 0 Å². The third kappa shape index (κ3) is 2.91. The molecule has 0 aliphatic heterocycles. The molecule has 0 spiro atoms. The Labute approximate surface area is 100 Å². The first-order valence-electron chi connectivity index (χ1n) is 5.67. The molecule has 1 unspecified atom stereocenters. The van der Waals surface area contributed by atoms with Gasteiger partial charge in [-0.15, -0.1) is 0 Å². The van der Waals surface area contributed by atoms with Crippen molar-refractivity contribution in [1.82, 2.24) is 9.55 Å². The maximum absolute atomic E-state index is 12.7. The van der Waals surface area contributed by atoms with Gasteiger partial charge in [0.15, 0.2) is 0 Å². The van der Waals surface area contributed by atoms with Crippen LogP contribution in [0.25, 0.3) is 0 Å². The summed E-state index contributed by atoms with van der Waals surface area (Å²) >= 11 is 0. The molecule has 0 saturated carbocycles. The van der Waals surface area contributed by atoms with E-state index < -0.39 is 0 Å². The van der Waals surface area contributed by atoms with Crippen LogP contribution in [0.2, 0.25) is 0 Å². The number of rotatable bonds is 4. The van der Waals surface area contributed by atoms with Crippen molar-refractivity contribution in [2.45, 2.75) is 25.9 Å². The quantitative estimate of drug-likeness (QED) is 0.880. The highest BCUT2D eigenvalue weighted by Crippen LogP contribution is 2.10. The van der Waals surface area contributed by atoms with E-state index in [1.165, 1.54) is 12.1 Å². The van der Waals surface area contributed by atoms with Crippen LogP contribution in [0.1, 0.15) is 24.2 Å². The molecular weight excluding hydrogens is 217 g/mol. The summed E-state index contributed by atoms with van der Waals surface area (Å²) in [7, 11) is 0. The minimum Gasteiger partial charge on any atom is -0.333 e. The van der Waals surface area contributed by atoms with Crippen LogP contribution in [-0.2, 0) is 13.0 Å². The molecule has 2 N–H and O–H groups in total. The number of aromatic nitrogens is 2. The van der Waals surface area contributed by atoms with Crippen LogP contribution in [-0.4, -0.2) is 9.55 Å². The Hall–Kier alpha value is -1.68. The number of imidazole rings is 1. The molecule has 0 amide bonds. The van der Waals surface area contributed by atoms with E-state index >= 15 is 0 Å². The van der Waals surface area contributed by atoms with E-state index in [1.807, 2.05) is 11.5 Å². The van der Waals surface area contributed by atoms with Crippen LogP contribution in [0.4, 0.5) is 4.39 Å². The Morgan fingerprint density at radius 1 is 1.35 bits per heavy atom. The Morgan fingerprint density at radius 3 is 2.71 bits per heavy atom. The van der Waals surface area contributed by atoms with E-state index in [1.54, 1.807) is 24.7 Å². The number of nitrogens with two attached hydrogens (primary N) is 1. The number of hydrogen-bond donors (Lipinski definition) is 1. The van der Waals surface area contributed by atoms with Gasteiger partial charge in [-0.25, -0.2) is 9.37 Å². The molecule has 0 aliphatic carbocycles. The average Bonchev–Trinajstić information content (AvgIpc) is 2.76. The fraction of sp³-hybridized carbons (Fsp3) is 0.308. The van der Waals surface area contributed by atoms with E-state index in [9.17, 15) is 4.39 Å². The second-order valence-corrected chi connectivity index (χ2v) is 4.18. The monoisotopic (exact) mass is 233 g/mol. The number of halogens is 1. The number of benzene rings is 1. The van der Waals surface area contributed by atoms with Crippen molar-refractivity contribution in [3.63, 3.8) is 0 Å². The van der Waals surface area contributed by atoms with Gasteiger partial charge in [0.05, 0.1) is 12.0 Å². The molecule has 4 heteroatoms. The molecule has 2 aromatic rings. The summed E-state index contributed by atoms with van der Waals surface area (Å²) in [5.41, 5.74) is 7.96. The zero-order valence-corrected chi connectivity index (χ0v) is 9.81. The van der Waals surface area contributed by atoms with Gasteiger partial charge in [-0.05, 0) is 31.0 Å². The van der Waals surface area contributed by atoms with E-state index in [0.29, 0.717) is 0 Å². The first-order valence-corrected chi connectivity index (χ1v) is 5.67. The molecule has 1 aromatic heterocycles. The Kier molecular flexibility index (Phi) is 3.54. The van der Waals surface area contributed by atoms with Gasteiger partial charge in [0.2, 0.25) is 0 Å². The normalized spacial score (nSPS) is 12.6. The molecule has 0 saturated heterocycles. The van der Waals surface area contributed by atoms with Crippen LogP contribution in [0.5, 0.6) is 0 Å². The summed E-state index contributed by atoms with van der Waals surface area (Å²) in [4.78, 5) is 4.09. The largest absolute Gasteiger partial charge is 0.333 e. The third-order valence-electron chi connectivity index (χ3n) is 2.77. The lowest BCUT2D eigenvalue weighted by Crippen LogP contribution is -2.12. The van der Waals surface area contributed by atoms with Crippen molar-refractivity contribution in [2.24, 2.45) is 5.73 Å². The molecule has 17 heavy (non-hydrogen) atoms. The summed E-state index contributed by atoms with van der Waals surface area (Å²) in [6.45, 7) is 2.74. The highest BCUT2D eigenvalue weighted by Gasteiger charge is 2.06. The van der Waals surface area contributed by atoms with E-state index in [0.717, 1.165) is 24.2 Å². The topological polar surface area (TPSA) is 43.8 Å². The highest BCUT2D eigenvalue weighted by molar-refractivity contribution is 5.16. The lowest BCUT2D eigenvalue weighted by Gasteiger charge is -2.10. The van der Waals surface area contributed by atoms with Crippen LogP contribution in [0, 0.1) is 5.82 Å². The van der Waals surface area contributed by atoms with Gasteiger partial charge in [0.1, 0.15) is 5.82 Å². The molecule has 1 heterocycles. The van der Waals surface area contributed by atoms with Crippen molar-refractivity contribution in [3.8, 4) is 0 Å². The highest BCUT2D eigenvalue weighted by atomic mass is 19.1. The molecule has 0 radical (unpaired) electrons. The second kappa shape index (κ2) is 5.10. The minimum absolute atomic E-state index is 0.0225. The van der Waals surface area contributed by atoms with E-state index in [4.69, 9.17) is 5.73 Å². The first-order chi connectivity index (χ1) is 8.16. The number of hydrogen-bond acceptors (Lipinski definition) is 2. The van der Waals surface area contributed by atoms with Crippen molar-refractivity contribution < 1.29 is 4.39 Å². The van der Waals surface area contributed by atoms with Gasteiger partial charge < -0.3 is 10.3 Å². The lowest BCUT2D eigenvalue weighted by atomic mass is 10.1. The molecule has 1 atom stereocenters. The maximum atomic E-state index is 12.7. The van der Waals surface area contributed by atoms with Crippen molar-refractivity contribution in [2.75, 3.05) is 0 Å². The number of nitrogens with zero attached hydrogens (tertiary/aromatic N) is 2. The summed E-state index contributed by atoms with van der Waals surface area (Å²) in [6.07, 6.45) is 4.41. The smallest absolute Gasteiger partial charge is 0.123 e.